The van der Waals surface area contributed by atoms with Crippen LogP contribution in [0.5, 0.6) is 5.88 Å². The Morgan fingerprint density at radius 3 is 2.90 bits per heavy atom. The maximum atomic E-state index is 5.87. The molecule has 21 heavy (non-hydrogen) atoms. The number of hydrogen-bond acceptors (Lipinski definition) is 6. The summed E-state index contributed by atoms with van der Waals surface area (Å²) in [6.45, 7) is 8.20. The molecular weight excluding hydrogens is 268 g/mol. The monoisotopic (exact) mass is 294 g/mol. The highest BCUT2D eigenvalue weighted by Gasteiger charge is 2.12. The summed E-state index contributed by atoms with van der Waals surface area (Å²) >= 11 is 0. The van der Waals surface area contributed by atoms with Crippen LogP contribution < -0.4 is 15.4 Å². The second kappa shape index (κ2) is 8.79. The average molecular weight is 294 g/mol. The fraction of sp³-hybridized carbons (Fsp3) is 0.733. The highest BCUT2D eigenvalue weighted by atomic mass is 16.5. The minimum absolute atomic E-state index is 0.428. The molecule has 0 saturated carbocycles. The number of piperidine rings is 1. The summed E-state index contributed by atoms with van der Waals surface area (Å²) in [5.74, 6) is 2.15. The predicted octanol–water partition coefficient (Wildman–Crippen LogP) is 1.75. The van der Waals surface area contributed by atoms with Crippen molar-refractivity contribution in [3.05, 3.63) is 11.9 Å². The zero-order chi connectivity index (χ0) is 14.9. The second-order valence-electron chi connectivity index (χ2n) is 5.17. The number of hydrogen-bond donors (Lipinski definition) is 2. The fourth-order valence-corrected chi connectivity index (χ4v) is 2.35. The molecule has 1 aliphatic heterocycles. The van der Waals surface area contributed by atoms with Crippen molar-refractivity contribution in [3.8, 4) is 5.88 Å². The van der Waals surface area contributed by atoms with Crippen molar-refractivity contribution in [1.82, 2.24) is 15.3 Å². The molecular formula is C15H26N4O2. The van der Waals surface area contributed by atoms with Crippen molar-refractivity contribution in [2.45, 2.75) is 39.2 Å². The van der Waals surface area contributed by atoms with Gasteiger partial charge in [-0.3, -0.25) is 0 Å². The molecule has 0 aliphatic carbocycles. The van der Waals surface area contributed by atoms with E-state index in [0.717, 1.165) is 57.1 Å². The zero-order valence-corrected chi connectivity index (χ0v) is 13.0. The molecule has 0 atom stereocenters. The largest absolute Gasteiger partial charge is 0.478 e. The number of ether oxygens (including phenoxy) is 2. The summed E-state index contributed by atoms with van der Waals surface area (Å²) in [5.41, 5.74) is 0. The summed E-state index contributed by atoms with van der Waals surface area (Å²) in [7, 11) is 0. The van der Waals surface area contributed by atoms with E-state index in [4.69, 9.17) is 9.47 Å². The summed E-state index contributed by atoms with van der Waals surface area (Å²) in [5, 5.41) is 6.64. The van der Waals surface area contributed by atoms with E-state index in [1.54, 1.807) is 0 Å². The van der Waals surface area contributed by atoms with Crippen LogP contribution >= 0.6 is 0 Å². The Labute approximate surface area is 126 Å². The lowest BCUT2D eigenvalue weighted by Crippen LogP contribution is -2.32. The molecule has 0 bridgehead atoms. The molecule has 1 aromatic rings. The van der Waals surface area contributed by atoms with Crippen LogP contribution in [0.4, 0.5) is 5.82 Å². The molecule has 2 heterocycles. The standard InChI is InChI=1S/C15H26N4O2/c1-3-20-15-11-14(18-12(2)19-15)17-7-4-10-21-13-5-8-16-9-6-13/h11,13,16H,3-10H2,1-2H3,(H,17,18,19). The Morgan fingerprint density at radius 1 is 1.33 bits per heavy atom. The van der Waals surface area contributed by atoms with Gasteiger partial charge in [0.05, 0.1) is 12.7 Å². The molecule has 1 aliphatic rings. The van der Waals surface area contributed by atoms with Crippen LogP contribution in [0.1, 0.15) is 32.0 Å². The highest BCUT2D eigenvalue weighted by Crippen LogP contribution is 2.13. The number of anilines is 1. The molecule has 6 heteroatoms. The number of aryl methyl sites for hydroxylation is 1. The van der Waals surface area contributed by atoms with Gasteiger partial charge in [0.2, 0.25) is 5.88 Å². The van der Waals surface area contributed by atoms with Gasteiger partial charge in [0.1, 0.15) is 11.6 Å². The van der Waals surface area contributed by atoms with E-state index in [-0.39, 0.29) is 0 Å². The SMILES string of the molecule is CCOc1cc(NCCCOC2CCNCC2)nc(C)n1. The number of nitrogens with one attached hydrogen (secondary N) is 2. The lowest BCUT2D eigenvalue weighted by Gasteiger charge is -2.22. The van der Waals surface area contributed by atoms with Crippen LogP contribution in [0.3, 0.4) is 0 Å². The Morgan fingerprint density at radius 2 is 2.14 bits per heavy atom. The Kier molecular flexibility index (Phi) is 6.69. The first kappa shape index (κ1) is 16.0. The van der Waals surface area contributed by atoms with Crippen molar-refractivity contribution in [1.29, 1.82) is 0 Å². The van der Waals surface area contributed by atoms with Gasteiger partial charge in [0.25, 0.3) is 0 Å². The van der Waals surface area contributed by atoms with Crippen molar-refractivity contribution in [2.24, 2.45) is 0 Å². The quantitative estimate of drug-likeness (QED) is 0.712. The zero-order valence-electron chi connectivity index (χ0n) is 13.0. The van der Waals surface area contributed by atoms with Gasteiger partial charge in [-0.2, -0.15) is 4.98 Å². The number of rotatable bonds is 8. The molecule has 2 N–H and O–H groups in total. The maximum Gasteiger partial charge on any atom is 0.218 e. The van der Waals surface area contributed by atoms with Crippen LogP contribution in [0, 0.1) is 6.92 Å². The third-order valence-corrected chi connectivity index (χ3v) is 3.37. The molecule has 0 spiro atoms. The van der Waals surface area contributed by atoms with Crippen LogP contribution in [-0.4, -0.2) is 48.9 Å². The molecule has 6 nitrogen and oxygen atoms in total. The van der Waals surface area contributed by atoms with Crippen molar-refractivity contribution in [2.75, 3.05) is 38.2 Å². The molecule has 0 aromatic carbocycles. The maximum absolute atomic E-state index is 5.87. The minimum atomic E-state index is 0.428. The second-order valence-corrected chi connectivity index (χ2v) is 5.17. The van der Waals surface area contributed by atoms with Crippen molar-refractivity contribution >= 4 is 5.82 Å². The van der Waals surface area contributed by atoms with E-state index in [1.165, 1.54) is 0 Å². The first-order chi connectivity index (χ1) is 10.3. The molecule has 1 saturated heterocycles. The molecule has 0 radical (unpaired) electrons. The van der Waals surface area contributed by atoms with E-state index in [0.29, 0.717) is 18.6 Å². The lowest BCUT2D eigenvalue weighted by molar-refractivity contribution is 0.0329. The van der Waals surface area contributed by atoms with Gasteiger partial charge < -0.3 is 20.1 Å². The van der Waals surface area contributed by atoms with Gasteiger partial charge in [-0.15, -0.1) is 0 Å². The van der Waals surface area contributed by atoms with Gasteiger partial charge >= 0.3 is 0 Å². The Bertz CT molecular complexity index is 422. The van der Waals surface area contributed by atoms with Crippen LogP contribution in [0.15, 0.2) is 6.07 Å². The molecule has 1 aromatic heterocycles. The number of aromatic nitrogens is 2. The molecule has 2 rings (SSSR count). The fourth-order valence-electron chi connectivity index (χ4n) is 2.35. The summed E-state index contributed by atoms with van der Waals surface area (Å²) in [4.78, 5) is 8.58. The van der Waals surface area contributed by atoms with Crippen molar-refractivity contribution in [3.63, 3.8) is 0 Å². The third-order valence-electron chi connectivity index (χ3n) is 3.37. The summed E-state index contributed by atoms with van der Waals surface area (Å²) < 4.78 is 11.3. The summed E-state index contributed by atoms with van der Waals surface area (Å²) in [6, 6.07) is 1.84. The van der Waals surface area contributed by atoms with Crippen LogP contribution in [0.25, 0.3) is 0 Å². The van der Waals surface area contributed by atoms with E-state index < -0.39 is 0 Å². The minimum Gasteiger partial charge on any atom is -0.478 e. The molecule has 1 fully saturated rings. The number of nitrogens with zero attached hydrogens (tertiary/aromatic N) is 2. The molecule has 0 unspecified atom stereocenters. The highest BCUT2D eigenvalue weighted by molar-refractivity contribution is 5.38. The van der Waals surface area contributed by atoms with Crippen LogP contribution in [-0.2, 0) is 4.74 Å². The normalized spacial score (nSPS) is 15.9. The van der Waals surface area contributed by atoms with Gasteiger partial charge in [-0.25, -0.2) is 4.98 Å². The molecule has 0 amide bonds. The Hall–Kier alpha value is -1.40. The van der Waals surface area contributed by atoms with E-state index in [9.17, 15) is 0 Å². The van der Waals surface area contributed by atoms with E-state index in [1.807, 2.05) is 19.9 Å². The first-order valence-electron chi connectivity index (χ1n) is 7.82. The third kappa shape index (κ3) is 5.85. The van der Waals surface area contributed by atoms with Gasteiger partial charge in [-0.1, -0.05) is 0 Å². The van der Waals surface area contributed by atoms with Gasteiger partial charge in [0.15, 0.2) is 0 Å². The van der Waals surface area contributed by atoms with Gasteiger partial charge in [0, 0.05) is 19.2 Å². The van der Waals surface area contributed by atoms with Gasteiger partial charge in [-0.05, 0) is 46.2 Å². The molecule has 118 valence electrons. The lowest BCUT2D eigenvalue weighted by atomic mass is 10.1. The Balaban J connectivity index is 1.65. The van der Waals surface area contributed by atoms with E-state index >= 15 is 0 Å². The van der Waals surface area contributed by atoms with Crippen molar-refractivity contribution < 1.29 is 9.47 Å². The predicted molar refractivity (Wildman–Crippen MR) is 82.9 cm³/mol. The first-order valence-corrected chi connectivity index (χ1v) is 7.82. The smallest absolute Gasteiger partial charge is 0.218 e. The van der Waals surface area contributed by atoms with Crippen LogP contribution in [0.2, 0.25) is 0 Å². The topological polar surface area (TPSA) is 68.3 Å². The van der Waals surface area contributed by atoms with E-state index in [2.05, 4.69) is 20.6 Å². The average Bonchev–Trinajstić information content (AvgIpc) is 2.48. The summed E-state index contributed by atoms with van der Waals surface area (Å²) in [6.07, 6.45) is 3.64.